The lowest BCUT2D eigenvalue weighted by Gasteiger charge is -2.27. The van der Waals surface area contributed by atoms with Crippen molar-refractivity contribution in [1.82, 2.24) is 0 Å². The highest BCUT2D eigenvalue weighted by atomic mass is 16.5. The van der Waals surface area contributed by atoms with Gasteiger partial charge in [-0.25, -0.2) is 0 Å². The monoisotopic (exact) mass is 193 g/mol. The zero-order valence-corrected chi connectivity index (χ0v) is 9.42. The lowest BCUT2D eigenvalue weighted by molar-refractivity contribution is 0.00999. The van der Waals surface area contributed by atoms with Crippen molar-refractivity contribution in [3.8, 4) is 0 Å². The van der Waals surface area contributed by atoms with Gasteiger partial charge in [0.25, 0.3) is 0 Å². The molecule has 1 rings (SSSR count). The number of nitrogens with two attached hydrogens (primary N) is 1. The van der Waals surface area contributed by atoms with Crippen LogP contribution in [0.2, 0.25) is 0 Å². The first kappa shape index (κ1) is 11.2. The Hall–Kier alpha value is -0.860. The number of rotatable bonds is 3. The maximum Gasteiger partial charge on any atom is 0.102 e. The number of methoxy groups -OCH3 is 1. The second-order valence-corrected chi connectivity index (χ2v) is 4.02. The van der Waals surface area contributed by atoms with E-state index in [0.717, 1.165) is 5.56 Å². The first-order chi connectivity index (χ1) is 6.51. The Morgan fingerprint density at radius 1 is 1.21 bits per heavy atom. The third-order valence-corrected chi connectivity index (χ3v) is 2.67. The van der Waals surface area contributed by atoms with E-state index >= 15 is 0 Å². The van der Waals surface area contributed by atoms with Gasteiger partial charge in [0.2, 0.25) is 0 Å². The Bertz CT molecular complexity index is 296. The molecule has 0 saturated carbocycles. The highest BCUT2D eigenvalue weighted by Crippen LogP contribution is 2.25. The predicted molar refractivity (Wildman–Crippen MR) is 59.3 cm³/mol. The fraction of sp³-hybridized carbons (Fsp3) is 0.500. The molecule has 0 spiro atoms. The average molecular weight is 193 g/mol. The maximum absolute atomic E-state index is 5.72. The van der Waals surface area contributed by atoms with E-state index in [4.69, 9.17) is 10.5 Å². The quantitative estimate of drug-likeness (QED) is 0.798. The molecule has 1 unspecified atom stereocenters. The third kappa shape index (κ3) is 2.14. The molecule has 0 heterocycles. The molecule has 2 heteroatoms. The fourth-order valence-electron chi connectivity index (χ4n) is 1.60. The molecule has 14 heavy (non-hydrogen) atoms. The lowest BCUT2D eigenvalue weighted by Crippen LogP contribution is -2.33. The molecular weight excluding hydrogens is 174 g/mol. The Morgan fingerprint density at radius 2 is 1.71 bits per heavy atom. The summed E-state index contributed by atoms with van der Waals surface area (Å²) < 4.78 is 5.46. The summed E-state index contributed by atoms with van der Waals surface area (Å²) in [5.74, 6) is 0. The van der Waals surface area contributed by atoms with Crippen molar-refractivity contribution in [3.63, 3.8) is 0 Å². The summed E-state index contributed by atoms with van der Waals surface area (Å²) in [6.45, 7) is 6.68. The van der Waals surface area contributed by atoms with Crippen LogP contribution in [0.4, 0.5) is 0 Å². The van der Waals surface area contributed by atoms with E-state index in [-0.39, 0.29) is 5.60 Å². The molecule has 0 aromatic heterocycles. The van der Waals surface area contributed by atoms with Crippen molar-refractivity contribution in [2.24, 2.45) is 5.73 Å². The molecule has 0 aliphatic rings. The minimum absolute atomic E-state index is 0.364. The van der Waals surface area contributed by atoms with E-state index in [1.807, 2.05) is 6.92 Å². The smallest absolute Gasteiger partial charge is 0.102 e. The second-order valence-electron chi connectivity index (χ2n) is 4.02. The number of ether oxygens (including phenoxy) is 1. The standard InChI is InChI=1S/C12H19NO/c1-9-5-10(2)7-11(6-9)12(3,8-13)14-4/h5-7H,8,13H2,1-4H3. The summed E-state index contributed by atoms with van der Waals surface area (Å²) in [5.41, 5.74) is 9.01. The highest BCUT2D eigenvalue weighted by Gasteiger charge is 2.24. The topological polar surface area (TPSA) is 35.2 Å². The normalized spacial score (nSPS) is 15.2. The number of hydrogen-bond donors (Lipinski definition) is 1. The van der Waals surface area contributed by atoms with Crippen LogP contribution in [-0.4, -0.2) is 13.7 Å². The molecule has 0 radical (unpaired) electrons. The third-order valence-electron chi connectivity index (χ3n) is 2.67. The van der Waals surface area contributed by atoms with Crippen molar-refractivity contribution < 1.29 is 4.74 Å². The first-order valence-corrected chi connectivity index (χ1v) is 4.86. The summed E-state index contributed by atoms with van der Waals surface area (Å²) in [4.78, 5) is 0. The van der Waals surface area contributed by atoms with E-state index in [2.05, 4.69) is 32.0 Å². The van der Waals surface area contributed by atoms with Gasteiger partial charge >= 0.3 is 0 Å². The second kappa shape index (κ2) is 4.11. The van der Waals surface area contributed by atoms with Gasteiger partial charge in [-0.15, -0.1) is 0 Å². The number of benzene rings is 1. The van der Waals surface area contributed by atoms with Crippen LogP contribution >= 0.6 is 0 Å². The molecule has 1 aromatic rings. The van der Waals surface area contributed by atoms with E-state index in [0.29, 0.717) is 6.54 Å². The van der Waals surface area contributed by atoms with Crippen molar-refractivity contribution in [3.05, 3.63) is 34.9 Å². The number of hydrogen-bond acceptors (Lipinski definition) is 2. The molecule has 1 atom stereocenters. The van der Waals surface area contributed by atoms with Crippen LogP contribution in [0.25, 0.3) is 0 Å². The summed E-state index contributed by atoms with van der Waals surface area (Å²) in [6, 6.07) is 6.41. The Morgan fingerprint density at radius 3 is 2.07 bits per heavy atom. The van der Waals surface area contributed by atoms with E-state index in [1.165, 1.54) is 11.1 Å². The minimum atomic E-state index is -0.364. The van der Waals surface area contributed by atoms with Gasteiger partial charge in [-0.2, -0.15) is 0 Å². The molecule has 2 N–H and O–H groups in total. The summed E-state index contributed by atoms with van der Waals surface area (Å²) in [5, 5.41) is 0. The molecule has 0 fully saturated rings. The van der Waals surface area contributed by atoms with Gasteiger partial charge in [0, 0.05) is 13.7 Å². The molecule has 0 aliphatic carbocycles. The van der Waals surface area contributed by atoms with E-state index in [1.54, 1.807) is 7.11 Å². The average Bonchev–Trinajstić information content (AvgIpc) is 2.15. The van der Waals surface area contributed by atoms with Crippen LogP contribution in [0.3, 0.4) is 0 Å². The summed E-state index contributed by atoms with van der Waals surface area (Å²) in [7, 11) is 1.70. The van der Waals surface area contributed by atoms with Gasteiger partial charge in [-0.1, -0.05) is 29.3 Å². The van der Waals surface area contributed by atoms with E-state index < -0.39 is 0 Å². The Kier molecular flexibility index (Phi) is 3.29. The summed E-state index contributed by atoms with van der Waals surface area (Å²) >= 11 is 0. The zero-order chi connectivity index (χ0) is 10.8. The Labute approximate surface area is 86.1 Å². The van der Waals surface area contributed by atoms with Crippen molar-refractivity contribution in [1.29, 1.82) is 0 Å². The van der Waals surface area contributed by atoms with Crippen LogP contribution in [-0.2, 0) is 10.3 Å². The summed E-state index contributed by atoms with van der Waals surface area (Å²) in [6.07, 6.45) is 0. The van der Waals surface area contributed by atoms with Crippen LogP contribution in [0.1, 0.15) is 23.6 Å². The molecule has 0 amide bonds. The van der Waals surface area contributed by atoms with E-state index in [9.17, 15) is 0 Å². The van der Waals surface area contributed by atoms with Crippen LogP contribution in [0.5, 0.6) is 0 Å². The predicted octanol–water partition coefficient (Wildman–Crippen LogP) is 2.12. The van der Waals surface area contributed by atoms with Crippen molar-refractivity contribution >= 4 is 0 Å². The van der Waals surface area contributed by atoms with Gasteiger partial charge < -0.3 is 10.5 Å². The Balaban J connectivity index is 3.17. The molecule has 0 aliphatic heterocycles. The molecule has 1 aromatic carbocycles. The highest BCUT2D eigenvalue weighted by molar-refractivity contribution is 5.32. The molecular formula is C12H19NO. The zero-order valence-electron chi connectivity index (χ0n) is 9.42. The number of aryl methyl sites for hydroxylation is 2. The van der Waals surface area contributed by atoms with Gasteiger partial charge in [0.1, 0.15) is 5.60 Å². The molecule has 0 saturated heterocycles. The van der Waals surface area contributed by atoms with Gasteiger partial charge in [0.05, 0.1) is 0 Å². The first-order valence-electron chi connectivity index (χ1n) is 4.86. The van der Waals surface area contributed by atoms with Crippen LogP contribution < -0.4 is 5.73 Å². The maximum atomic E-state index is 5.72. The fourth-order valence-corrected chi connectivity index (χ4v) is 1.60. The van der Waals surface area contributed by atoms with Crippen LogP contribution in [0.15, 0.2) is 18.2 Å². The SMILES string of the molecule is COC(C)(CN)c1cc(C)cc(C)c1. The largest absolute Gasteiger partial charge is 0.372 e. The van der Waals surface area contributed by atoms with Gasteiger partial charge in [-0.05, 0) is 26.3 Å². The lowest BCUT2D eigenvalue weighted by atomic mass is 9.93. The molecule has 78 valence electrons. The van der Waals surface area contributed by atoms with Gasteiger partial charge in [0.15, 0.2) is 0 Å². The van der Waals surface area contributed by atoms with Gasteiger partial charge in [-0.3, -0.25) is 0 Å². The van der Waals surface area contributed by atoms with Crippen molar-refractivity contribution in [2.75, 3.05) is 13.7 Å². The molecule has 2 nitrogen and oxygen atoms in total. The molecule has 0 bridgehead atoms. The van der Waals surface area contributed by atoms with Crippen LogP contribution in [0, 0.1) is 13.8 Å². The minimum Gasteiger partial charge on any atom is -0.372 e. The van der Waals surface area contributed by atoms with Crippen molar-refractivity contribution in [2.45, 2.75) is 26.4 Å².